The molecule has 0 N–H and O–H groups in total. The Labute approximate surface area is 128 Å². The Kier molecular flexibility index (Phi) is 207. The van der Waals surface area contributed by atoms with Gasteiger partial charge in [0.25, 0.3) is 0 Å². The molecule has 0 aliphatic carbocycles. The smallest absolute Gasteiger partial charge is 0 e. The summed E-state index contributed by atoms with van der Waals surface area (Å²) < 4.78 is 0. The Morgan fingerprint density at radius 2 is 0.500 bits per heavy atom. The van der Waals surface area contributed by atoms with Gasteiger partial charge in [0.2, 0.25) is 0 Å². The maximum absolute atomic E-state index is 3.00. The average Bonchev–Trinajstić information content (AvgIpc) is 1.00. The molecule has 0 saturated heterocycles. The third kappa shape index (κ3) is 25.1. The molecule has 0 aliphatic heterocycles. The van der Waals surface area contributed by atoms with Crippen LogP contribution in [-0.4, -0.2) is 118 Å². The molecule has 16 valence electrons. The van der Waals surface area contributed by atoms with E-state index in [0.29, 0.717) is 0 Å². The minimum Gasteiger partial charge on any atom is -0.106 e. The summed E-state index contributed by atoms with van der Waals surface area (Å²) >= 11 is 0. The van der Waals surface area contributed by atoms with E-state index >= 15 is 0 Å². The first-order chi connectivity index (χ1) is 1.00. The van der Waals surface area contributed by atoms with Gasteiger partial charge in [-0.05, 0) is 0 Å². The standard InChI is InChI=1S/C2H4.4Na/c1-2;;;;/h1-2H2;;;;. The molecule has 0 spiro atoms. The van der Waals surface area contributed by atoms with Crippen molar-refractivity contribution in [2.75, 3.05) is 0 Å². The molecule has 0 saturated carbocycles. The summed E-state index contributed by atoms with van der Waals surface area (Å²) in [7, 11) is 0. The summed E-state index contributed by atoms with van der Waals surface area (Å²) in [6.07, 6.45) is 0. The van der Waals surface area contributed by atoms with E-state index in [1.807, 2.05) is 0 Å². The summed E-state index contributed by atoms with van der Waals surface area (Å²) in [5, 5.41) is 0. The molecule has 0 amide bonds. The van der Waals surface area contributed by atoms with Gasteiger partial charge in [-0.15, -0.1) is 13.2 Å². The van der Waals surface area contributed by atoms with Crippen LogP contribution in [0.5, 0.6) is 0 Å². The predicted octanol–water partition coefficient (Wildman–Crippen LogP) is -0.721. The third-order valence-electron chi connectivity index (χ3n) is 0. The predicted molar refractivity (Wildman–Crippen MR) is 34.3 cm³/mol. The Balaban J connectivity index is -0.000000000833. The maximum atomic E-state index is 3.00. The minimum atomic E-state index is 0. The second-order valence-corrected chi connectivity index (χ2v) is 0. The second kappa shape index (κ2) is 37.4. The van der Waals surface area contributed by atoms with Crippen molar-refractivity contribution in [3.63, 3.8) is 0 Å². The van der Waals surface area contributed by atoms with Crippen LogP contribution in [0.25, 0.3) is 0 Å². The van der Waals surface area contributed by atoms with E-state index in [1.54, 1.807) is 0 Å². The number of rotatable bonds is 0. The maximum Gasteiger partial charge on any atom is 0 e. The van der Waals surface area contributed by atoms with Gasteiger partial charge in [0, 0.05) is 118 Å². The van der Waals surface area contributed by atoms with E-state index < -0.39 is 0 Å². The summed E-state index contributed by atoms with van der Waals surface area (Å²) in [5.74, 6) is 0. The molecular weight excluding hydrogens is 116 g/mol. The summed E-state index contributed by atoms with van der Waals surface area (Å²) in [6, 6.07) is 0. The molecule has 0 heterocycles. The molecule has 0 aromatic rings. The van der Waals surface area contributed by atoms with E-state index in [1.165, 1.54) is 0 Å². The molecule has 0 atom stereocenters. The Bertz CT molecular complexity index is 5.51. The molecule has 4 radical (unpaired) electrons. The van der Waals surface area contributed by atoms with E-state index in [9.17, 15) is 0 Å². The van der Waals surface area contributed by atoms with Gasteiger partial charge >= 0.3 is 0 Å². The molecule has 6 heavy (non-hydrogen) atoms. The van der Waals surface area contributed by atoms with Crippen LogP contribution >= 0.6 is 0 Å². The van der Waals surface area contributed by atoms with E-state index in [2.05, 4.69) is 13.2 Å². The summed E-state index contributed by atoms with van der Waals surface area (Å²) in [4.78, 5) is 0. The molecule has 0 bridgehead atoms. The fraction of sp³-hybridized carbons (Fsp3) is 0. The largest absolute Gasteiger partial charge is 0.106 e. The fourth-order valence-corrected chi connectivity index (χ4v) is 0. The van der Waals surface area contributed by atoms with Crippen molar-refractivity contribution >= 4 is 118 Å². The normalized spacial score (nSPS) is 0.667. The van der Waals surface area contributed by atoms with Gasteiger partial charge in [0.05, 0.1) is 0 Å². The Morgan fingerprint density at radius 3 is 0.500 bits per heavy atom. The van der Waals surface area contributed by atoms with Gasteiger partial charge in [0.15, 0.2) is 0 Å². The van der Waals surface area contributed by atoms with Crippen molar-refractivity contribution in [3.05, 3.63) is 13.2 Å². The van der Waals surface area contributed by atoms with Crippen molar-refractivity contribution < 1.29 is 0 Å². The monoisotopic (exact) mass is 120 g/mol. The van der Waals surface area contributed by atoms with Crippen molar-refractivity contribution in [3.8, 4) is 0 Å². The van der Waals surface area contributed by atoms with Crippen LogP contribution in [0.2, 0.25) is 0 Å². The molecular formula is C2H4Na4. The van der Waals surface area contributed by atoms with Crippen LogP contribution in [0.3, 0.4) is 0 Å². The van der Waals surface area contributed by atoms with Gasteiger partial charge in [-0.25, -0.2) is 0 Å². The van der Waals surface area contributed by atoms with Crippen LogP contribution in [0, 0.1) is 0 Å². The molecule has 0 aliphatic rings. The number of hydrogen-bond donors (Lipinski definition) is 0. The topological polar surface area (TPSA) is 0 Å². The molecule has 0 unspecified atom stereocenters. The molecule has 0 aromatic carbocycles. The van der Waals surface area contributed by atoms with Crippen molar-refractivity contribution in [2.24, 2.45) is 0 Å². The molecule has 0 rings (SSSR count). The molecule has 0 nitrogen and oxygen atoms in total. The third-order valence-corrected chi connectivity index (χ3v) is 0. The van der Waals surface area contributed by atoms with Crippen LogP contribution in [0.1, 0.15) is 0 Å². The second-order valence-electron chi connectivity index (χ2n) is 0. The summed E-state index contributed by atoms with van der Waals surface area (Å²) in [6.45, 7) is 6.00. The molecule has 0 fully saturated rings. The van der Waals surface area contributed by atoms with Crippen LogP contribution in [0.15, 0.2) is 13.2 Å². The van der Waals surface area contributed by atoms with Crippen LogP contribution in [-0.2, 0) is 0 Å². The van der Waals surface area contributed by atoms with Gasteiger partial charge in [-0.3, -0.25) is 0 Å². The van der Waals surface area contributed by atoms with Crippen molar-refractivity contribution in [1.82, 2.24) is 0 Å². The first kappa shape index (κ1) is 33.1. The quantitative estimate of drug-likeness (QED) is 0.292. The van der Waals surface area contributed by atoms with E-state index in [4.69, 9.17) is 0 Å². The zero-order valence-electron chi connectivity index (χ0n) is 5.41. The first-order valence-electron chi connectivity index (χ1n) is 0.500. The van der Waals surface area contributed by atoms with E-state index in [-0.39, 0.29) is 118 Å². The zero-order valence-corrected chi connectivity index (χ0v) is 13.4. The van der Waals surface area contributed by atoms with Gasteiger partial charge in [0.1, 0.15) is 0 Å². The first-order valence-corrected chi connectivity index (χ1v) is 0.500. The molecule has 4 heteroatoms. The minimum absolute atomic E-state index is 0. The molecule has 0 aromatic heterocycles. The van der Waals surface area contributed by atoms with Crippen LogP contribution < -0.4 is 0 Å². The van der Waals surface area contributed by atoms with Crippen molar-refractivity contribution in [2.45, 2.75) is 0 Å². The number of hydrogen-bond acceptors (Lipinski definition) is 0. The SMILES string of the molecule is C=C.[Na].[Na].[Na].[Na]. The summed E-state index contributed by atoms with van der Waals surface area (Å²) in [5.41, 5.74) is 0. The van der Waals surface area contributed by atoms with Crippen LogP contribution in [0.4, 0.5) is 0 Å². The van der Waals surface area contributed by atoms with Gasteiger partial charge in [-0.1, -0.05) is 0 Å². The Hall–Kier alpha value is 3.74. The van der Waals surface area contributed by atoms with Crippen molar-refractivity contribution in [1.29, 1.82) is 0 Å². The Morgan fingerprint density at radius 1 is 0.500 bits per heavy atom. The fourth-order valence-electron chi connectivity index (χ4n) is 0. The van der Waals surface area contributed by atoms with Gasteiger partial charge in [-0.2, -0.15) is 0 Å². The zero-order chi connectivity index (χ0) is 2.00. The van der Waals surface area contributed by atoms with Gasteiger partial charge < -0.3 is 0 Å². The van der Waals surface area contributed by atoms with E-state index in [0.717, 1.165) is 0 Å². The average molecular weight is 120 g/mol.